The maximum atomic E-state index is 12.1. The zero-order valence-electron chi connectivity index (χ0n) is 7.12. The van der Waals surface area contributed by atoms with Crippen molar-refractivity contribution in [3.05, 3.63) is 34.6 Å². The van der Waals surface area contributed by atoms with Gasteiger partial charge in [-0.3, -0.25) is 4.79 Å². The van der Waals surface area contributed by atoms with Crippen LogP contribution in [0.25, 0.3) is 10.1 Å². The van der Waals surface area contributed by atoms with E-state index >= 15 is 0 Å². The van der Waals surface area contributed by atoms with Crippen molar-refractivity contribution >= 4 is 33.6 Å². The molecule has 0 saturated carbocycles. The molecule has 0 saturated heterocycles. The van der Waals surface area contributed by atoms with E-state index in [4.69, 9.17) is 0 Å². The first-order valence-electron chi connectivity index (χ1n) is 3.85. The summed E-state index contributed by atoms with van der Waals surface area (Å²) in [5.41, 5.74) is -5.05. The molecule has 0 aliphatic rings. The Morgan fingerprint density at radius 1 is 1.27 bits per heavy atom. The second kappa shape index (κ2) is 3.57. The first-order valence-corrected chi connectivity index (χ1v) is 5.39. The fraction of sp³-hybridized carbons (Fsp3) is 0.125. The summed E-state index contributed by atoms with van der Waals surface area (Å²) < 4.78 is 37.4. The number of hydrogen-bond donors (Lipinski definition) is 0. The molecule has 0 spiro atoms. The molecule has 15 heavy (non-hydrogen) atoms. The lowest BCUT2D eigenvalue weighted by Gasteiger charge is -2.02. The summed E-state index contributed by atoms with van der Waals surface area (Å²) in [4.78, 5) is 11.5. The van der Waals surface area contributed by atoms with Crippen LogP contribution in [-0.4, -0.2) is 8.87 Å². The maximum Gasteiger partial charge on any atom is 0.462 e. The van der Waals surface area contributed by atoms with E-state index in [1.807, 2.05) is 0 Å². The van der Waals surface area contributed by atoms with Crippen LogP contribution in [0, 0.1) is 0 Å². The van der Waals surface area contributed by atoms with Crippen molar-refractivity contribution in [3.8, 4) is 0 Å². The Hall–Kier alpha value is -0.950. The summed E-state index contributed by atoms with van der Waals surface area (Å²) in [5.74, 6) is 0. The average Bonchev–Trinajstić information content (AvgIpc) is 2.42. The highest BCUT2D eigenvalue weighted by Gasteiger charge is 2.31. The Kier molecular flexibility index (Phi) is 2.51. The number of halogens is 3. The highest BCUT2D eigenvalue weighted by atomic mass is 32.2. The van der Waals surface area contributed by atoms with Crippen LogP contribution < -0.4 is 5.56 Å². The van der Waals surface area contributed by atoms with E-state index in [0.29, 0.717) is 13.4 Å². The van der Waals surface area contributed by atoms with Crippen molar-refractivity contribution in [2.24, 2.45) is 0 Å². The summed E-state index contributed by atoms with van der Waals surface area (Å²) in [6, 6.07) is 6.44. The molecule has 0 aliphatic carbocycles. The number of hydrogen-bond acceptors (Lipinski definition) is 3. The number of benzene rings is 1. The third-order valence-electron chi connectivity index (χ3n) is 1.65. The summed E-state index contributed by atoms with van der Waals surface area (Å²) in [7, 11) is 0. The minimum Gasteiger partial charge on any atom is -0.267 e. The van der Waals surface area contributed by atoms with Gasteiger partial charge in [0, 0.05) is 0 Å². The molecular formula is C8H4F3NOS2. The van der Waals surface area contributed by atoms with E-state index in [-0.39, 0.29) is 0 Å². The fourth-order valence-electron chi connectivity index (χ4n) is 1.11. The lowest BCUT2D eigenvalue weighted by atomic mass is 10.3. The molecule has 80 valence electrons. The second-order valence-electron chi connectivity index (χ2n) is 2.69. The lowest BCUT2D eigenvalue weighted by molar-refractivity contribution is -0.0333. The van der Waals surface area contributed by atoms with Crippen LogP contribution in [0.3, 0.4) is 0 Å². The van der Waals surface area contributed by atoms with Gasteiger partial charge in [-0.2, -0.15) is 16.5 Å². The molecule has 0 unspecified atom stereocenters. The van der Waals surface area contributed by atoms with Crippen molar-refractivity contribution < 1.29 is 13.2 Å². The van der Waals surface area contributed by atoms with Gasteiger partial charge in [-0.25, -0.2) is 0 Å². The molecule has 0 fully saturated rings. The Labute approximate surface area is 90.6 Å². The number of alkyl halides is 3. The molecular weight excluding hydrogens is 247 g/mol. The predicted molar refractivity (Wildman–Crippen MR) is 55.1 cm³/mol. The molecule has 0 N–H and O–H groups in total. The molecule has 0 radical (unpaired) electrons. The monoisotopic (exact) mass is 251 g/mol. The third kappa shape index (κ3) is 2.18. The van der Waals surface area contributed by atoms with E-state index in [1.54, 1.807) is 18.2 Å². The van der Waals surface area contributed by atoms with Crippen molar-refractivity contribution in [1.82, 2.24) is 3.36 Å². The Morgan fingerprint density at radius 3 is 2.53 bits per heavy atom. The van der Waals surface area contributed by atoms with Crippen LogP contribution >= 0.6 is 23.5 Å². The lowest BCUT2D eigenvalue weighted by Crippen LogP contribution is -2.13. The van der Waals surface area contributed by atoms with Crippen LogP contribution in [0.1, 0.15) is 0 Å². The van der Waals surface area contributed by atoms with E-state index in [9.17, 15) is 18.0 Å². The zero-order chi connectivity index (χ0) is 11.1. The molecule has 0 aliphatic heterocycles. The molecule has 1 heterocycles. The Balaban J connectivity index is 2.54. The van der Waals surface area contributed by atoms with Crippen molar-refractivity contribution in [2.75, 3.05) is 0 Å². The highest BCUT2D eigenvalue weighted by molar-refractivity contribution is 8.00. The SMILES string of the molecule is O=c1c2ccccc2sn1SC(F)(F)F. The third-order valence-corrected chi connectivity index (χ3v) is 3.52. The van der Waals surface area contributed by atoms with E-state index in [1.165, 1.54) is 6.07 Å². The fourth-order valence-corrected chi connectivity index (χ4v) is 2.87. The molecule has 0 amide bonds. The van der Waals surface area contributed by atoms with Gasteiger partial charge in [0.25, 0.3) is 5.56 Å². The van der Waals surface area contributed by atoms with Gasteiger partial charge in [0.05, 0.1) is 22.0 Å². The number of aromatic nitrogens is 1. The smallest absolute Gasteiger partial charge is 0.267 e. The van der Waals surface area contributed by atoms with Gasteiger partial charge < -0.3 is 0 Å². The first kappa shape index (κ1) is 10.6. The standard InChI is InChI=1S/C8H4F3NOS2/c9-8(10,11)15-12-7(13)5-3-1-2-4-6(5)14-12/h1-4H. The van der Waals surface area contributed by atoms with Crippen molar-refractivity contribution in [2.45, 2.75) is 5.51 Å². The van der Waals surface area contributed by atoms with Gasteiger partial charge in [0.15, 0.2) is 0 Å². The van der Waals surface area contributed by atoms with Crippen LogP contribution in [0.15, 0.2) is 29.1 Å². The first-order chi connectivity index (χ1) is 6.97. The van der Waals surface area contributed by atoms with Gasteiger partial charge in [-0.05, 0) is 23.7 Å². The normalized spacial score (nSPS) is 12.2. The second-order valence-corrected chi connectivity index (χ2v) is 4.92. The topological polar surface area (TPSA) is 22.0 Å². The Morgan fingerprint density at radius 2 is 1.93 bits per heavy atom. The highest BCUT2D eigenvalue weighted by Crippen LogP contribution is 2.33. The quantitative estimate of drug-likeness (QED) is 0.777. The summed E-state index contributed by atoms with van der Waals surface area (Å²) in [5, 5.41) is 0.319. The molecule has 2 rings (SSSR count). The van der Waals surface area contributed by atoms with E-state index in [2.05, 4.69) is 0 Å². The number of rotatable bonds is 1. The predicted octanol–water partition coefficient (Wildman–Crippen LogP) is 3.08. The van der Waals surface area contributed by atoms with Crippen LogP contribution in [-0.2, 0) is 0 Å². The zero-order valence-corrected chi connectivity index (χ0v) is 8.75. The molecule has 0 atom stereocenters. The minimum atomic E-state index is -4.44. The van der Waals surface area contributed by atoms with Gasteiger partial charge in [0.1, 0.15) is 0 Å². The maximum absolute atomic E-state index is 12.1. The molecule has 1 aromatic heterocycles. The summed E-state index contributed by atoms with van der Waals surface area (Å²) in [6.45, 7) is 0. The Bertz CT molecular complexity index is 543. The van der Waals surface area contributed by atoms with Gasteiger partial charge in [0.2, 0.25) is 0 Å². The molecule has 1 aromatic carbocycles. The minimum absolute atomic E-state index is 0.319. The number of nitrogens with zero attached hydrogens (tertiary/aromatic N) is 1. The van der Waals surface area contributed by atoms with Crippen molar-refractivity contribution in [3.63, 3.8) is 0 Å². The van der Waals surface area contributed by atoms with Gasteiger partial charge >= 0.3 is 5.51 Å². The van der Waals surface area contributed by atoms with Crippen molar-refractivity contribution in [1.29, 1.82) is 0 Å². The average molecular weight is 251 g/mol. The van der Waals surface area contributed by atoms with Gasteiger partial charge in [-0.1, -0.05) is 12.1 Å². The van der Waals surface area contributed by atoms with Crippen LogP contribution in [0.4, 0.5) is 13.2 Å². The van der Waals surface area contributed by atoms with Crippen LogP contribution in [0.5, 0.6) is 0 Å². The summed E-state index contributed by atoms with van der Waals surface area (Å²) >= 11 is 0.374. The largest absolute Gasteiger partial charge is 0.462 e. The number of fused-ring (bicyclic) bond motifs is 1. The molecule has 7 heteroatoms. The van der Waals surface area contributed by atoms with Crippen LogP contribution in [0.2, 0.25) is 0 Å². The molecule has 2 nitrogen and oxygen atoms in total. The molecule has 2 aromatic rings. The van der Waals surface area contributed by atoms with Gasteiger partial charge in [-0.15, -0.1) is 0 Å². The van der Waals surface area contributed by atoms with E-state index < -0.39 is 23.0 Å². The molecule has 0 bridgehead atoms. The van der Waals surface area contributed by atoms with E-state index in [0.717, 1.165) is 11.5 Å². The summed E-state index contributed by atoms with van der Waals surface area (Å²) in [6.07, 6.45) is 0.